The topological polar surface area (TPSA) is 57.6 Å². The number of carbonyl (C=O) groups excluding carboxylic acids is 1. The molecule has 102 valence electrons. The first-order valence-corrected chi connectivity index (χ1v) is 7.33. The van der Waals surface area contributed by atoms with Crippen LogP contribution in [0.2, 0.25) is 5.02 Å². The van der Waals surface area contributed by atoms with Gasteiger partial charge in [-0.3, -0.25) is 9.59 Å². The highest BCUT2D eigenvalue weighted by molar-refractivity contribution is 14.1. The average Bonchev–Trinajstić information content (AvgIpc) is 2.74. The van der Waals surface area contributed by atoms with Gasteiger partial charge >= 0.3 is 5.97 Å². The van der Waals surface area contributed by atoms with Crippen LogP contribution in [0.4, 0.5) is 0 Å². The van der Waals surface area contributed by atoms with Gasteiger partial charge in [-0.1, -0.05) is 18.5 Å². The molecule has 1 aromatic rings. The number of carbonyl (C=O) groups is 2. The van der Waals surface area contributed by atoms with Crippen LogP contribution in [0.15, 0.2) is 18.2 Å². The number of halogens is 2. The van der Waals surface area contributed by atoms with Crippen molar-refractivity contribution < 1.29 is 14.7 Å². The first-order chi connectivity index (χ1) is 8.90. The number of nitrogens with zero attached hydrogens (tertiary/aromatic N) is 1. The van der Waals surface area contributed by atoms with E-state index in [4.69, 9.17) is 16.7 Å². The van der Waals surface area contributed by atoms with Crippen LogP contribution in [-0.4, -0.2) is 35.0 Å². The molecule has 1 aliphatic rings. The standard InChI is InChI=1S/C13H13ClINO3/c1-7-5-16(6-10(7)13(18)19)12(17)9-4-8(14)2-3-11(9)15/h2-4,7,10H,5-6H2,1H3,(H,18,19)/t7-,10-/m1/s1. The average molecular weight is 394 g/mol. The molecule has 6 heteroatoms. The van der Waals surface area contributed by atoms with Gasteiger partial charge in [0.2, 0.25) is 0 Å². The molecule has 2 rings (SSSR count). The van der Waals surface area contributed by atoms with Crippen LogP contribution in [0.3, 0.4) is 0 Å². The number of carboxylic acid groups (broad SMARTS) is 1. The van der Waals surface area contributed by atoms with E-state index in [-0.39, 0.29) is 18.4 Å². The zero-order valence-corrected chi connectivity index (χ0v) is 13.2. The van der Waals surface area contributed by atoms with Gasteiger partial charge in [0, 0.05) is 21.7 Å². The summed E-state index contributed by atoms with van der Waals surface area (Å²) in [6, 6.07) is 5.14. The summed E-state index contributed by atoms with van der Waals surface area (Å²) in [5.41, 5.74) is 0.534. The van der Waals surface area contributed by atoms with Gasteiger partial charge in [0.15, 0.2) is 0 Å². The molecule has 0 radical (unpaired) electrons. The Morgan fingerprint density at radius 2 is 2.11 bits per heavy atom. The summed E-state index contributed by atoms with van der Waals surface area (Å²) in [6.45, 7) is 2.59. The lowest BCUT2D eigenvalue weighted by atomic mass is 9.99. The van der Waals surface area contributed by atoms with Crippen molar-refractivity contribution in [3.8, 4) is 0 Å². The van der Waals surface area contributed by atoms with E-state index in [2.05, 4.69) is 22.6 Å². The van der Waals surface area contributed by atoms with Crippen LogP contribution in [0.1, 0.15) is 17.3 Å². The number of hydrogen-bond donors (Lipinski definition) is 1. The third-order valence-corrected chi connectivity index (χ3v) is 4.55. The Balaban J connectivity index is 2.22. The molecule has 0 aromatic heterocycles. The van der Waals surface area contributed by atoms with Gasteiger partial charge in [-0.25, -0.2) is 0 Å². The van der Waals surface area contributed by atoms with Crippen molar-refractivity contribution >= 4 is 46.1 Å². The highest BCUT2D eigenvalue weighted by Crippen LogP contribution is 2.27. The van der Waals surface area contributed by atoms with Crippen molar-refractivity contribution in [3.63, 3.8) is 0 Å². The van der Waals surface area contributed by atoms with Gasteiger partial charge in [-0.15, -0.1) is 0 Å². The maximum absolute atomic E-state index is 12.4. The molecule has 19 heavy (non-hydrogen) atoms. The van der Waals surface area contributed by atoms with E-state index in [9.17, 15) is 9.59 Å². The van der Waals surface area contributed by atoms with Gasteiger partial charge in [0.1, 0.15) is 0 Å². The first-order valence-electron chi connectivity index (χ1n) is 5.87. The molecule has 1 heterocycles. The summed E-state index contributed by atoms with van der Waals surface area (Å²) in [5.74, 6) is -1.51. The van der Waals surface area contributed by atoms with Gasteiger partial charge < -0.3 is 10.0 Å². The lowest BCUT2D eigenvalue weighted by Crippen LogP contribution is -2.30. The molecule has 4 nitrogen and oxygen atoms in total. The van der Waals surface area contributed by atoms with E-state index >= 15 is 0 Å². The van der Waals surface area contributed by atoms with Gasteiger partial charge in [-0.2, -0.15) is 0 Å². The first kappa shape index (κ1) is 14.6. The summed E-state index contributed by atoms with van der Waals surface area (Å²) in [7, 11) is 0. The minimum absolute atomic E-state index is 0.0294. The van der Waals surface area contributed by atoms with Crippen LogP contribution in [-0.2, 0) is 4.79 Å². The molecule has 1 saturated heterocycles. The zero-order valence-electron chi connectivity index (χ0n) is 10.3. The lowest BCUT2D eigenvalue weighted by molar-refractivity contribution is -0.142. The molecule has 1 fully saturated rings. The third kappa shape index (κ3) is 3.02. The molecule has 2 atom stereocenters. The van der Waals surface area contributed by atoms with Crippen LogP contribution in [0, 0.1) is 15.4 Å². The predicted molar refractivity (Wildman–Crippen MR) is 80.4 cm³/mol. The van der Waals surface area contributed by atoms with Crippen molar-refractivity contribution in [2.24, 2.45) is 11.8 Å². The number of likely N-dealkylation sites (tertiary alicyclic amines) is 1. The second kappa shape index (κ2) is 5.66. The van der Waals surface area contributed by atoms with Crippen molar-refractivity contribution in [2.45, 2.75) is 6.92 Å². The molecule has 0 aliphatic carbocycles. The number of carboxylic acids is 1. The van der Waals surface area contributed by atoms with E-state index in [0.29, 0.717) is 17.1 Å². The summed E-state index contributed by atoms with van der Waals surface area (Å²) < 4.78 is 0.818. The molecule has 0 saturated carbocycles. The number of aliphatic carboxylic acids is 1. The molecule has 0 spiro atoms. The van der Waals surface area contributed by atoms with Crippen LogP contribution < -0.4 is 0 Å². The highest BCUT2D eigenvalue weighted by Gasteiger charge is 2.37. The largest absolute Gasteiger partial charge is 0.481 e. The normalized spacial score (nSPS) is 22.6. The summed E-state index contributed by atoms with van der Waals surface area (Å²) in [4.78, 5) is 25.1. The third-order valence-electron chi connectivity index (χ3n) is 3.38. The van der Waals surface area contributed by atoms with Gasteiger partial charge in [0.05, 0.1) is 11.5 Å². The Kier molecular flexibility index (Phi) is 4.35. The molecular formula is C13H13ClINO3. The molecule has 1 aromatic carbocycles. The summed E-state index contributed by atoms with van der Waals surface area (Å²) >= 11 is 7.99. The smallest absolute Gasteiger partial charge is 0.308 e. The maximum Gasteiger partial charge on any atom is 0.308 e. The predicted octanol–water partition coefficient (Wildman–Crippen LogP) is 2.74. The zero-order chi connectivity index (χ0) is 14.2. The van der Waals surface area contributed by atoms with Gasteiger partial charge in [0.25, 0.3) is 5.91 Å². The van der Waals surface area contributed by atoms with Crippen LogP contribution >= 0.6 is 34.2 Å². The summed E-state index contributed by atoms with van der Waals surface area (Å²) in [6.07, 6.45) is 0. The molecule has 1 N–H and O–H groups in total. The van der Waals surface area contributed by atoms with Crippen molar-refractivity contribution in [1.29, 1.82) is 0 Å². The second-order valence-corrected chi connectivity index (χ2v) is 6.35. The Morgan fingerprint density at radius 1 is 1.42 bits per heavy atom. The Hall–Kier alpha value is -0.820. The van der Waals surface area contributed by atoms with Crippen molar-refractivity contribution in [3.05, 3.63) is 32.4 Å². The number of amides is 1. The number of benzene rings is 1. The molecule has 0 unspecified atom stereocenters. The number of rotatable bonds is 2. The Morgan fingerprint density at radius 3 is 2.68 bits per heavy atom. The molecule has 1 aliphatic heterocycles. The Labute approximate surface area is 129 Å². The fraction of sp³-hybridized carbons (Fsp3) is 0.385. The molecule has 0 bridgehead atoms. The molecule has 1 amide bonds. The quantitative estimate of drug-likeness (QED) is 0.786. The monoisotopic (exact) mass is 393 g/mol. The minimum Gasteiger partial charge on any atom is -0.481 e. The SMILES string of the molecule is C[C@@H]1CN(C(=O)c2cc(Cl)ccc2I)C[C@H]1C(=O)O. The van der Waals surface area contributed by atoms with Crippen molar-refractivity contribution in [2.75, 3.05) is 13.1 Å². The van der Waals surface area contributed by atoms with E-state index in [1.165, 1.54) is 0 Å². The minimum atomic E-state index is -0.844. The van der Waals surface area contributed by atoms with E-state index in [1.54, 1.807) is 23.1 Å². The fourth-order valence-electron chi connectivity index (χ4n) is 2.29. The second-order valence-electron chi connectivity index (χ2n) is 4.76. The number of hydrogen-bond acceptors (Lipinski definition) is 2. The van der Waals surface area contributed by atoms with E-state index < -0.39 is 11.9 Å². The maximum atomic E-state index is 12.4. The van der Waals surface area contributed by atoms with Crippen LogP contribution in [0.5, 0.6) is 0 Å². The van der Waals surface area contributed by atoms with Crippen LogP contribution in [0.25, 0.3) is 0 Å². The lowest BCUT2D eigenvalue weighted by Gasteiger charge is -2.17. The highest BCUT2D eigenvalue weighted by atomic mass is 127. The van der Waals surface area contributed by atoms with Gasteiger partial charge in [-0.05, 0) is 46.7 Å². The van der Waals surface area contributed by atoms with Crippen molar-refractivity contribution in [1.82, 2.24) is 4.90 Å². The van der Waals surface area contributed by atoms with E-state index in [0.717, 1.165) is 3.57 Å². The summed E-state index contributed by atoms with van der Waals surface area (Å²) in [5, 5.41) is 9.60. The van der Waals surface area contributed by atoms with E-state index in [1.807, 2.05) is 6.92 Å². The Bertz CT molecular complexity index is 535. The fourth-order valence-corrected chi connectivity index (χ4v) is 3.02. The molecular weight excluding hydrogens is 381 g/mol.